The van der Waals surface area contributed by atoms with Gasteiger partial charge in [0, 0.05) is 31.6 Å². The summed E-state index contributed by atoms with van der Waals surface area (Å²) in [4.78, 5) is 9.51. The monoisotopic (exact) mass is 239 g/mol. The van der Waals surface area contributed by atoms with E-state index in [-0.39, 0.29) is 0 Å². The Morgan fingerprint density at radius 1 is 1.31 bits per heavy atom. The molecule has 1 saturated heterocycles. The Labute approximate surface area is 102 Å². The van der Waals surface area contributed by atoms with Crippen molar-refractivity contribution < 1.29 is 0 Å². The van der Waals surface area contributed by atoms with Gasteiger partial charge >= 0.3 is 0 Å². The predicted octanol–water partition coefficient (Wildman–Crippen LogP) is 2.09. The lowest BCUT2D eigenvalue weighted by molar-refractivity contribution is 0.312. The molecule has 90 valence electrons. The molecule has 4 heteroatoms. The molecule has 0 unspecified atom stereocenters. The van der Waals surface area contributed by atoms with Crippen molar-refractivity contribution in [3.8, 4) is 0 Å². The van der Waals surface area contributed by atoms with Gasteiger partial charge in [-0.1, -0.05) is 13.8 Å². The zero-order chi connectivity index (χ0) is 11.5. The summed E-state index contributed by atoms with van der Waals surface area (Å²) >= 11 is 1.80. The highest BCUT2D eigenvalue weighted by Crippen LogP contribution is 2.22. The van der Waals surface area contributed by atoms with Gasteiger partial charge in [0.15, 0.2) is 5.13 Å². The van der Waals surface area contributed by atoms with Crippen molar-refractivity contribution in [1.82, 2.24) is 9.88 Å². The molecule has 3 nitrogen and oxygen atoms in total. The van der Waals surface area contributed by atoms with Crippen LogP contribution in [0.2, 0.25) is 0 Å². The Morgan fingerprint density at radius 3 is 2.62 bits per heavy atom. The standard InChI is InChI=1S/C12H21N3S/c1-10(2)8-11-9-16-12(13-11)15-6-4-14(3)5-7-15/h9-10H,4-8H2,1-3H3. The molecule has 16 heavy (non-hydrogen) atoms. The second kappa shape index (κ2) is 5.15. The molecule has 0 aromatic carbocycles. The average molecular weight is 239 g/mol. The fourth-order valence-corrected chi connectivity index (χ4v) is 2.84. The van der Waals surface area contributed by atoms with Crippen LogP contribution in [0.5, 0.6) is 0 Å². The maximum absolute atomic E-state index is 4.73. The zero-order valence-electron chi connectivity index (χ0n) is 10.4. The molecule has 0 spiro atoms. The maximum Gasteiger partial charge on any atom is 0.185 e. The van der Waals surface area contributed by atoms with Crippen molar-refractivity contribution in [3.63, 3.8) is 0 Å². The fraction of sp³-hybridized carbons (Fsp3) is 0.750. The normalized spacial score (nSPS) is 18.4. The summed E-state index contributed by atoms with van der Waals surface area (Å²) in [6.45, 7) is 9.03. The quantitative estimate of drug-likeness (QED) is 0.805. The Kier molecular flexibility index (Phi) is 3.82. The molecule has 0 N–H and O–H groups in total. The van der Waals surface area contributed by atoms with E-state index in [0.717, 1.165) is 32.6 Å². The molecule has 0 saturated carbocycles. The second-order valence-corrected chi connectivity index (χ2v) is 5.85. The van der Waals surface area contributed by atoms with Gasteiger partial charge in [-0.3, -0.25) is 0 Å². The summed E-state index contributed by atoms with van der Waals surface area (Å²) in [6.07, 6.45) is 1.10. The number of anilines is 1. The van der Waals surface area contributed by atoms with Gasteiger partial charge in [0.25, 0.3) is 0 Å². The van der Waals surface area contributed by atoms with Crippen molar-refractivity contribution in [2.45, 2.75) is 20.3 Å². The largest absolute Gasteiger partial charge is 0.346 e. The van der Waals surface area contributed by atoms with Crippen molar-refractivity contribution in [1.29, 1.82) is 0 Å². The number of rotatable bonds is 3. The highest BCUT2D eigenvalue weighted by atomic mass is 32.1. The van der Waals surface area contributed by atoms with Gasteiger partial charge in [-0.2, -0.15) is 0 Å². The van der Waals surface area contributed by atoms with Crippen LogP contribution in [-0.2, 0) is 6.42 Å². The fourth-order valence-electron chi connectivity index (χ4n) is 1.95. The van der Waals surface area contributed by atoms with E-state index in [2.05, 4.69) is 36.1 Å². The van der Waals surface area contributed by atoms with Gasteiger partial charge in [-0.25, -0.2) is 4.98 Å². The zero-order valence-corrected chi connectivity index (χ0v) is 11.3. The van der Waals surface area contributed by atoms with E-state index >= 15 is 0 Å². The van der Waals surface area contributed by atoms with Crippen LogP contribution in [0.1, 0.15) is 19.5 Å². The minimum Gasteiger partial charge on any atom is -0.346 e. The highest BCUT2D eigenvalue weighted by Gasteiger charge is 2.16. The first-order valence-corrected chi connectivity index (χ1v) is 6.91. The first-order valence-electron chi connectivity index (χ1n) is 6.03. The van der Waals surface area contributed by atoms with E-state index in [1.54, 1.807) is 11.3 Å². The molecule has 0 bridgehead atoms. The van der Waals surface area contributed by atoms with Crippen LogP contribution in [0.15, 0.2) is 5.38 Å². The molecule has 2 heterocycles. The summed E-state index contributed by atoms with van der Waals surface area (Å²) in [5.74, 6) is 0.697. The van der Waals surface area contributed by atoms with E-state index in [4.69, 9.17) is 4.98 Å². The number of hydrogen-bond donors (Lipinski definition) is 0. The Morgan fingerprint density at radius 2 is 2.00 bits per heavy atom. The number of piperazine rings is 1. The maximum atomic E-state index is 4.73. The number of nitrogens with zero attached hydrogens (tertiary/aromatic N) is 3. The lowest BCUT2D eigenvalue weighted by Gasteiger charge is -2.32. The van der Waals surface area contributed by atoms with Crippen LogP contribution in [-0.4, -0.2) is 43.1 Å². The third-order valence-electron chi connectivity index (χ3n) is 2.93. The van der Waals surface area contributed by atoms with Gasteiger partial charge in [0.05, 0.1) is 5.69 Å². The average Bonchev–Trinajstić information content (AvgIpc) is 2.66. The van der Waals surface area contributed by atoms with Crippen LogP contribution < -0.4 is 4.90 Å². The first kappa shape index (κ1) is 11.9. The smallest absolute Gasteiger partial charge is 0.185 e. The molecule has 0 radical (unpaired) electrons. The van der Waals surface area contributed by atoms with E-state index in [1.165, 1.54) is 10.8 Å². The topological polar surface area (TPSA) is 19.4 Å². The molecule has 0 amide bonds. The van der Waals surface area contributed by atoms with Gasteiger partial charge in [-0.05, 0) is 19.4 Å². The van der Waals surface area contributed by atoms with E-state index in [1.807, 2.05) is 0 Å². The lowest BCUT2D eigenvalue weighted by atomic mass is 10.1. The summed E-state index contributed by atoms with van der Waals surface area (Å²) in [5.41, 5.74) is 1.26. The molecule has 0 atom stereocenters. The molecule has 1 aromatic rings. The molecule has 1 aliphatic rings. The molecule has 2 rings (SSSR count). The Hall–Kier alpha value is -0.610. The van der Waals surface area contributed by atoms with Crippen LogP contribution in [0.3, 0.4) is 0 Å². The number of hydrogen-bond acceptors (Lipinski definition) is 4. The SMILES string of the molecule is CC(C)Cc1csc(N2CCN(C)CC2)n1. The molecular weight excluding hydrogens is 218 g/mol. The summed E-state index contributed by atoms with van der Waals surface area (Å²) in [6, 6.07) is 0. The van der Waals surface area contributed by atoms with E-state index < -0.39 is 0 Å². The lowest BCUT2D eigenvalue weighted by Crippen LogP contribution is -2.44. The molecule has 1 aliphatic heterocycles. The van der Waals surface area contributed by atoms with Gasteiger partial charge < -0.3 is 9.80 Å². The molecular formula is C12H21N3S. The van der Waals surface area contributed by atoms with Crippen LogP contribution in [0.25, 0.3) is 0 Å². The minimum absolute atomic E-state index is 0.697. The Bertz CT molecular complexity index is 327. The van der Waals surface area contributed by atoms with Crippen LogP contribution in [0, 0.1) is 5.92 Å². The van der Waals surface area contributed by atoms with E-state index in [0.29, 0.717) is 5.92 Å². The van der Waals surface area contributed by atoms with Crippen molar-refractivity contribution in [2.24, 2.45) is 5.92 Å². The third-order valence-corrected chi connectivity index (χ3v) is 3.88. The number of aromatic nitrogens is 1. The van der Waals surface area contributed by atoms with Crippen LogP contribution in [0.4, 0.5) is 5.13 Å². The molecule has 0 aliphatic carbocycles. The number of likely N-dealkylation sites (N-methyl/N-ethyl adjacent to an activating group) is 1. The van der Waals surface area contributed by atoms with Gasteiger partial charge in [-0.15, -0.1) is 11.3 Å². The van der Waals surface area contributed by atoms with Crippen molar-refractivity contribution in [3.05, 3.63) is 11.1 Å². The van der Waals surface area contributed by atoms with Gasteiger partial charge in [0.2, 0.25) is 0 Å². The molecule has 1 aromatic heterocycles. The van der Waals surface area contributed by atoms with Crippen molar-refractivity contribution >= 4 is 16.5 Å². The summed E-state index contributed by atoms with van der Waals surface area (Å²) in [7, 11) is 2.18. The Balaban J connectivity index is 1.96. The second-order valence-electron chi connectivity index (χ2n) is 5.01. The van der Waals surface area contributed by atoms with Crippen LogP contribution >= 0.6 is 11.3 Å². The minimum atomic E-state index is 0.697. The summed E-state index contributed by atoms with van der Waals surface area (Å²) in [5, 5.41) is 3.43. The molecule has 1 fully saturated rings. The summed E-state index contributed by atoms with van der Waals surface area (Å²) < 4.78 is 0. The third kappa shape index (κ3) is 2.95. The number of thiazole rings is 1. The van der Waals surface area contributed by atoms with Crippen molar-refractivity contribution in [2.75, 3.05) is 38.1 Å². The predicted molar refractivity (Wildman–Crippen MR) is 70.4 cm³/mol. The highest BCUT2D eigenvalue weighted by molar-refractivity contribution is 7.13. The van der Waals surface area contributed by atoms with E-state index in [9.17, 15) is 0 Å². The van der Waals surface area contributed by atoms with Gasteiger partial charge in [0.1, 0.15) is 0 Å². The first-order chi connectivity index (χ1) is 7.65.